The molecule has 0 aromatic heterocycles. The van der Waals surface area contributed by atoms with E-state index in [4.69, 9.17) is 0 Å². The average Bonchev–Trinajstić information content (AvgIpc) is 2.43. The van der Waals surface area contributed by atoms with Crippen LogP contribution in [0.3, 0.4) is 0 Å². The van der Waals surface area contributed by atoms with E-state index in [1.165, 1.54) is 32.4 Å². The zero-order valence-electron chi connectivity index (χ0n) is 13.3. The Bertz CT molecular complexity index is 590. The van der Waals surface area contributed by atoms with E-state index in [1.54, 1.807) is 0 Å². The number of hydrogen-bond acceptors (Lipinski definition) is 5. The Hall–Kier alpha value is -2.57. The van der Waals surface area contributed by atoms with Gasteiger partial charge in [-0.3, -0.25) is 0 Å². The number of benzene rings is 1. The van der Waals surface area contributed by atoms with Crippen LogP contribution in [-0.4, -0.2) is 37.7 Å². The minimum absolute atomic E-state index is 0.138. The van der Waals surface area contributed by atoms with Crippen LogP contribution in [0.1, 0.15) is 41.5 Å². The molecular formula is C15H20N2O5. The van der Waals surface area contributed by atoms with Gasteiger partial charge in [0.05, 0.1) is 31.0 Å². The summed E-state index contributed by atoms with van der Waals surface area (Å²) in [6, 6.07) is 3.68. The van der Waals surface area contributed by atoms with Gasteiger partial charge in [0.2, 0.25) is 0 Å². The van der Waals surface area contributed by atoms with Crippen molar-refractivity contribution in [1.82, 2.24) is 5.32 Å². The Morgan fingerprint density at radius 2 is 1.59 bits per heavy atom. The molecule has 0 atom stereocenters. The second-order valence-electron chi connectivity index (χ2n) is 5.57. The third-order valence-corrected chi connectivity index (χ3v) is 2.58. The van der Waals surface area contributed by atoms with E-state index in [2.05, 4.69) is 20.1 Å². The highest BCUT2D eigenvalue weighted by molar-refractivity contribution is 6.03. The molecule has 2 N–H and O–H groups in total. The Morgan fingerprint density at radius 3 is 2.09 bits per heavy atom. The standard InChI is InChI=1S/C15H20N2O5/c1-15(2,3)17-14(20)16-11-8-9(12(18)21-4)6-7-10(11)13(19)22-5/h6-8H,1-5H3,(H2,16,17,20). The van der Waals surface area contributed by atoms with Gasteiger partial charge in [0.15, 0.2) is 0 Å². The number of nitrogens with one attached hydrogen (secondary N) is 2. The molecule has 0 unspecified atom stereocenters. The number of amides is 2. The molecule has 120 valence electrons. The molecule has 22 heavy (non-hydrogen) atoms. The minimum Gasteiger partial charge on any atom is -0.465 e. The van der Waals surface area contributed by atoms with Crippen LogP contribution in [-0.2, 0) is 9.47 Å². The molecule has 0 aliphatic carbocycles. The summed E-state index contributed by atoms with van der Waals surface area (Å²) >= 11 is 0. The number of ether oxygens (including phenoxy) is 2. The highest BCUT2D eigenvalue weighted by atomic mass is 16.5. The topological polar surface area (TPSA) is 93.7 Å². The van der Waals surface area contributed by atoms with Crippen LogP contribution >= 0.6 is 0 Å². The van der Waals surface area contributed by atoms with Crippen LogP contribution in [0.2, 0.25) is 0 Å². The van der Waals surface area contributed by atoms with Gasteiger partial charge in [0, 0.05) is 5.54 Å². The van der Waals surface area contributed by atoms with Gasteiger partial charge >= 0.3 is 18.0 Å². The monoisotopic (exact) mass is 308 g/mol. The Kier molecular flexibility index (Phi) is 5.50. The van der Waals surface area contributed by atoms with Crippen molar-refractivity contribution in [1.29, 1.82) is 0 Å². The van der Waals surface area contributed by atoms with Gasteiger partial charge < -0.3 is 20.1 Å². The lowest BCUT2D eigenvalue weighted by atomic mass is 10.1. The van der Waals surface area contributed by atoms with Crippen molar-refractivity contribution in [3.05, 3.63) is 29.3 Å². The smallest absolute Gasteiger partial charge is 0.339 e. The zero-order valence-corrected chi connectivity index (χ0v) is 13.3. The fourth-order valence-corrected chi connectivity index (χ4v) is 1.67. The summed E-state index contributed by atoms with van der Waals surface area (Å²) in [6.07, 6.45) is 0. The number of anilines is 1. The number of urea groups is 1. The zero-order chi connectivity index (χ0) is 16.9. The van der Waals surface area contributed by atoms with Crippen LogP contribution in [0.4, 0.5) is 10.5 Å². The van der Waals surface area contributed by atoms with E-state index in [0.29, 0.717) is 0 Å². The summed E-state index contributed by atoms with van der Waals surface area (Å²) in [6.45, 7) is 5.45. The number of esters is 2. The second-order valence-corrected chi connectivity index (χ2v) is 5.57. The molecule has 0 bridgehead atoms. The molecule has 0 aliphatic heterocycles. The normalized spacial score (nSPS) is 10.6. The third-order valence-electron chi connectivity index (χ3n) is 2.58. The predicted molar refractivity (Wildman–Crippen MR) is 81.0 cm³/mol. The van der Waals surface area contributed by atoms with Crippen LogP contribution in [0.25, 0.3) is 0 Å². The number of methoxy groups -OCH3 is 2. The second kappa shape index (κ2) is 6.93. The molecule has 0 fully saturated rings. The van der Waals surface area contributed by atoms with E-state index in [-0.39, 0.29) is 16.8 Å². The minimum atomic E-state index is -0.623. The molecule has 0 radical (unpaired) electrons. The number of carbonyl (C=O) groups is 3. The van der Waals surface area contributed by atoms with E-state index < -0.39 is 23.5 Å². The van der Waals surface area contributed by atoms with Crippen molar-refractivity contribution in [2.75, 3.05) is 19.5 Å². The maximum Gasteiger partial charge on any atom is 0.339 e. The largest absolute Gasteiger partial charge is 0.465 e. The van der Waals surface area contributed by atoms with Gasteiger partial charge in [-0.05, 0) is 39.0 Å². The van der Waals surface area contributed by atoms with Crippen LogP contribution < -0.4 is 10.6 Å². The third kappa shape index (κ3) is 4.76. The van der Waals surface area contributed by atoms with E-state index in [9.17, 15) is 14.4 Å². The molecular weight excluding hydrogens is 288 g/mol. The number of hydrogen-bond donors (Lipinski definition) is 2. The summed E-state index contributed by atoms with van der Waals surface area (Å²) in [4.78, 5) is 35.3. The van der Waals surface area contributed by atoms with Gasteiger partial charge in [-0.1, -0.05) is 0 Å². The first kappa shape index (κ1) is 17.5. The highest BCUT2D eigenvalue weighted by Crippen LogP contribution is 2.20. The Morgan fingerprint density at radius 1 is 1.00 bits per heavy atom. The van der Waals surface area contributed by atoms with Gasteiger partial charge in [0.1, 0.15) is 0 Å². The molecule has 0 aliphatic rings. The van der Waals surface area contributed by atoms with Gasteiger partial charge in [0.25, 0.3) is 0 Å². The van der Waals surface area contributed by atoms with Crippen molar-refractivity contribution >= 4 is 23.7 Å². The first-order chi connectivity index (χ1) is 10.2. The van der Waals surface area contributed by atoms with E-state index in [1.807, 2.05) is 20.8 Å². The molecule has 0 heterocycles. The average molecular weight is 308 g/mol. The lowest BCUT2D eigenvalue weighted by Gasteiger charge is -2.21. The molecule has 0 saturated heterocycles. The van der Waals surface area contributed by atoms with Crippen molar-refractivity contribution < 1.29 is 23.9 Å². The summed E-state index contributed by atoms with van der Waals surface area (Å²) < 4.78 is 9.28. The SMILES string of the molecule is COC(=O)c1ccc(C(=O)OC)c(NC(=O)NC(C)(C)C)c1. The maximum atomic E-state index is 12.0. The summed E-state index contributed by atoms with van der Waals surface area (Å²) in [5, 5.41) is 5.24. The molecule has 7 nitrogen and oxygen atoms in total. The van der Waals surface area contributed by atoms with Gasteiger partial charge in [-0.2, -0.15) is 0 Å². The predicted octanol–water partition coefficient (Wildman–Crippen LogP) is 2.18. The van der Waals surface area contributed by atoms with Gasteiger partial charge in [-0.15, -0.1) is 0 Å². The molecule has 0 spiro atoms. The van der Waals surface area contributed by atoms with Gasteiger partial charge in [-0.25, -0.2) is 14.4 Å². The first-order valence-electron chi connectivity index (χ1n) is 6.58. The van der Waals surface area contributed by atoms with Crippen LogP contribution in [0.5, 0.6) is 0 Å². The van der Waals surface area contributed by atoms with Crippen molar-refractivity contribution in [2.45, 2.75) is 26.3 Å². The molecule has 0 saturated carbocycles. The molecule has 1 aromatic rings. The summed E-state index contributed by atoms with van der Waals surface area (Å²) in [7, 11) is 2.48. The van der Waals surface area contributed by atoms with E-state index in [0.717, 1.165) is 0 Å². The highest BCUT2D eigenvalue weighted by Gasteiger charge is 2.19. The van der Waals surface area contributed by atoms with Crippen molar-refractivity contribution in [3.8, 4) is 0 Å². The molecule has 7 heteroatoms. The lowest BCUT2D eigenvalue weighted by molar-refractivity contribution is 0.0587. The fraction of sp³-hybridized carbons (Fsp3) is 0.400. The van der Waals surface area contributed by atoms with Crippen molar-refractivity contribution in [2.24, 2.45) is 0 Å². The first-order valence-corrected chi connectivity index (χ1v) is 6.58. The molecule has 1 aromatic carbocycles. The Labute approximate surface area is 129 Å². The van der Waals surface area contributed by atoms with Crippen molar-refractivity contribution in [3.63, 3.8) is 0 Å². The number of rotatable bonds is 3. The van der Waals surface area contributed by atoms with Crippen LogP contribution in [0.15, 0.2) is 18.2 Å². The maximum absolute atomic E-state index is 12.0. The summed E-state index contributed by atoms with van der Waals surface area (Å²) in [5.41, 5.74) is 0.0621. The lowest BCUT2D eigenvalue weighted by Crippen LogP contribution is -2.43. The fourth-order valence-electron chi connectivity index (χ4n) is 1.67. The Balaban J connectivity index is 3.14. The summed E-state index contributed by atoms with van der Waals surface area (Å²) in [5.74, 6) is -1.20. The van der Waals surface area contributed by atoms with E-state index >= 15 is 0 Å². The number of carbonyl (C=O) groups excluding carboxylic acids is 3. The quantitative estimate of drug-likeness (QED) is 0.835. The molecule has 2 amide bonds. The molecule has 1 rings (SSSR count). The van der Waals surface area contributed by atoms with Crippen LogP contribution in [0, 0.1) is 0 Å².